The molecule has 1 fully saturated rings. The van der Waals surface area contributed by atoms with E-state index in [1.54, 1.807) is 11.3 Å². The van der Waals surface area contributed by atoms with E-state index in [9.17, 15) is 0 Å². The predicted molar refractivity (Wildman–Crippen MR) is 119 cm³/mol. The minimum absolute atomic E-state index is 0. The molecule has 0 bridgehead atoms. The molecule has 0 unspecified atom stereocenters. The van der Waals surface area contributed by atoms with E-state index >= 15 is 0 Å². The standard InChI is InChI=1S/C22H24BrN3OS.BrH/c1-17-2-8-20(9-3-17)24-22-26(11-10-25-12-14-27-15-13-25)21(16-28-22)18-4-6-19(23)7-5-18;/h2-9,16H,10-15H2,1H3;1H/p-1. The van der Waals surface area contributed by atoms with E-state index in [0.717, 1.165) is 54.4 Å². The second-order valence-electron chi connectivity index (χ2n) is 6.96. The number of hydrogen-bond acceptors (Lipinski definition) is 4. The highest BCUT2D eigenvalue weighted by atomic mass is 79.9. The summed E-state index contributed by atoms with van der Waals surface area (Å²) in [7, 11) is 0. The summed E-state index contributed by atoms with van der Waals surface area (Å²) in [6.07, 6.45) is 0. The lowest BCUT2D eigenvalue weighted by Crippen LogP contribution is -3.00. The first kappa shape index (κ1) is 22.4. The van der Waals surface area contributed by atoms with Gasteiger partial charge in [0.15, 0.2) is 4.80 Å². The molecule has 1 aliphatic heterocycles. The number of nitrogens with zero attached hydrogens (tertiary/aromatic N) is 3. The maximum Gasteiger partial charge on any atom is 0.190 e. The molecule has 0 radical (unpaired) electrons. The Kier molecular flexibility index (Phi) is 8.26. The first-order valence-electron chi connectivity index (χ1n) is 9.55. The van der Waals surface area contributed by atoms with Gasteiger partial charge in [0.1, 0.15) is 0 Å². The average molecular weight is 538 g/mol. The average Bonchev–Trinajstić information content (AvgIpc) is 3.12. The normalized spacial score (nSPS) is 15.3. The van der Waals surface area contributed by atoms with Gasteiger partial charge >= 0.3 is 0 Å². The highest BCUT2D eigenvalue weighted by Crippen LogP contribution is 2.23. The first-order valence-corrected chi connectivity index (χ1v) is 11.2. The van der Waals surface area contributed by atoms with Crippen molar-refractivity contribution in [3.8, 4) is 11.3 Å². The van der Waals surface area contributed by atoms with Crippen molar-refractivity contribution in [2.45, 2.75) is 13.5 Å². The van der Waals surface area contributed by atoms with Crippen LogP contribution in [0.2, 0.25) is 0 Å². The van der Waals surface area contributed by atoms with E-state index in [4.69, 9.17) is 9.73 Å². The molecule has 2 heterocycles. The third-order valence-electron chi connectivity index (χ3n) is 4.94. The van der Waals surface area contributed by atoms with Gasteiger partial charge < -0.3 is 26.3 Å². The minimum atomic E-state index is 0. The molecule has 29 heavy (non-hydrogen) atoms. The Morgan fingerprint density at radius 2 is 1.69 bits per heavy atom. The molecule has 0 aliphatic carbocycles. The van der Waals surface area contributed by atoms with Crippen molar-refractivity contribution in [2.24, 2.45) is 4.99 Å². The zero-order chi connectivity index (χ0) is 19.3. The second kappa shape index (κ2) is 10.7. The van der Waals surface area contributed by atoms with Crippen LogP contribution in [0.1, 0.15) is 5.56 Å². The maximum absolute atomic E-state index is 5.48. The number of hydrogen-bond donors (Lipinski definition) is 0. The van der Waals surface area contributed by atoms with Crippen LogP contribution in [-0.4, -0.2) is 42.3 Å². The highest BCUT2D eigenvalue weighted by Gasteiger charge is 2.13. The summed E-state index contributed by atoms with van der Waals surface area (Å²) in [5.41, 5.74) is 4.68. The largest absolute Gasteiger partial charge is 1.00 e. The van der Waals surface area contributed by atoms with Crippen LogP contribution in [0.5, 0.6) is 0 Å². The number of benzene rings is 2. The van der Waals surface area contributed by atoms with Crippen LogP contribution in [0.3, 0.4) is 0 Å². The van der Waals surface area contributed by atoms with Gasteiger partial charge in [-0.2, -0.15) is 0 Å². The van der Waals surface area contributed by atoms with Gasteiger partial charge in [-0.05, 0) is 36.8 Å². The molecule has 1 aromatic heterocycles. The Bertz CT molecular complexity index is 975. The molecule has 2 aromatic carbocycles. The Hall–Kier alpha value is -1.25. The molecule has 0 atom stereocenters. The summed E-state index contributed by atoms with van der Waals surface area (Å²) in [6, 6.07) is 16.9. The number of rotatable bonds is 5. The molecular weight excluding hydrogens is 514 g/mol. The Balaban J connectivity index is 0.00000240. The lowest BCUT2D eigenvalue weighted by Gasteiger charge is -2.26. The fourth-order valence-electron chi connectivity index (χ4n) is 3.28. The Morgan fingerprint density at radius 3 is 2.38 bits per heavy atom. The van der Waals surface area contributed by atoms with Gasteiger partial charge in [-0.3, -0.25) is 4.90 Å². The summed E-state index contributed by atoms with van der Waals surface area (Å²) >= 11 is 5.24. The van der Waals surface area contributed by atoms with Crippen molar-refractivity contribution < 1.29 is 21.7 Å². The van der Waals surface area contributed by atoms with Crippen LogP contribution in [0.15, 0.2) is 63.4 Å². The van der Waals surface area contributed by atoms with Crippen LogP contribution in [0, 0.1) is 6.92 Å². The van der Waals surface area contributed by atoms with Crippen molar-refractivity contribution >= 4 is 33.0 Å². The van der Waals surface area contributed by atoms with Gasteiger partial charge in [0.2, 0.25) is 0 Å². The van der Waals surface area contributed by atoms with Crippen molar-refractivity contribution in [3.05, 3.63) is 68.7 Å². The van der Waals surface area contributed by atoms with Crippen molar-refractivity contribution in [1.82, 2.24) is 9.47 Å². The number of aromatic nitrogens is 1. The second-order valence-corrected chi connectivity index (χ2v) is 8.72. The zero-order valence-corrected chi connectivity index (χ0v) is 20.3. The fourth-order valence-corrected chi connectivity index (χ4v) is 4.50. The summed E-state index contributed by atoms with van der Waals surface area (Å²) in [5, 5.41) is 2.22. The number of morpholine rings is 1. The van der Waals surface area contributed by atoms with Gasteiger partial charge in [0.05, 0.1) is 24.6 Å². The van der Waals surface area contributed by atoms with E-state index in [2.05, 4.69) is 86.2 Å². The third-order valence-corrected chi connectivity index (χ3v) is 6.33. The van der Waals surface area contributed by atoms with E-state index in [1.165, 1.54) is 16.8 Å². The molecule has 1 aliphatic rings. The molecule has 4 nitrogen and oxygen atoms in total. The summed E-state index contributed by atoms with van der Waals surface area (Å²) in [6.45, 7) is 7.68. The van der Waals surface area contributed by atoms with Crippen LogP contribution < -0.4 is 21.8 Å². The van der Waals surface area contributed by atoms with Gasteiger partial charge in [0.25, 0.3) is 0 Å². The molecule has 154 valence electrons. The number of thiazole rings is 1. The molecule has 0 N–H and O–H groups in total. The molecule has 0 saturated carbocycles. The number of halogens is 2. The van der Waals surface area contributed by atoms with E-state index < -0.39 is 0 Å². The lowest BCUT2D eigenvalue weighted by atomic mass is 10.2. The predicted octanol–water partition coefficient (Wildman–Crippen LogP) is 1.86. The van der Waals surface area contributed by atoms with Gasteiger partial charge in [0, 0.05) is 36.0 Å². The first-order chi connectivity index (χ1) is 13.7. The van der Waals surface area contributed by atoms with Crippen LogP contribution in [0.4, 0.5) is 5.69 Å². The minimum Gasteiger partial charge on any atom is -1.00 e. The zero-order valence-electron chi connectivity index (χ0n) is 16.4. The maximum atomic E-state index is 5.48. The fraction of sp³-hybridized carbons (Fsp3) is 0.318. The smallest absolute Gasteiger partial charge is 0.190 e. The topological polar surface area (TPSA) is 29.8 Å². The van der Waals surface area contributed by atoms with Crippen LogP contribution in [-0.2, 0) is 11.3 Å². The monoisotopic (exact) mass is 536 g/mol. The van der Waals surface area contributed by atoms with Crippen molar-refractivity contribution in [3.63, 3.8) is 0 Å². The highest BCUT2D eigenvalue weighted by molar-refractivity contribution is 9.10. The SMILES string of the molecule is Cc1ccc(N=c2scc(-c3ccc(Br)cc3)n2CCN2CCOCC2)cc1.[Br-]. The van der Waals surface area contributed by atoms with Gasteiger partial charge in [-0.15, -0.1) is 11.3 Å². The number of aryl methyl sites for hydroxylation is 1. The Labute approximate surface area is 194 Å². The number of ether oxygens (including phenoxy) is 1. The quantitative estimate of drug-likeness (QED) is 0.497. The molecule has 0 spiro atoms. The summed E-state index contributed by atoms with van der Waals surface area (Å²) in [4.78, 5) is 8.44. The molecule has 7 heteroatoms. The molecule has 4 rings (SSSR count). The summed E-state index contributed by atoms with van der Waals surface area (Å²) in [5.74, 6) is 0. The molecule has 3 aromatic rings. The van der Waals surface area contributed by atoms with E-state index in [1.807, 2.05) is 0 Å². The molecule has 1 saturated heterocycles. The van der Waals surface area contributed by atoms with Crippen molar-refractivity contribution in [1.29, 1.82) is 0 Å². The van der Waals surface area contributed by atoms with E-state index in [0.29, 0.717) is 0 Å². The van der Waals surface area contributed by atoms with Crippen LogP contribution in [0.25, 0.3) is 11.3 Å². The third kappa shape index (κ3) is 5.89. The molecule has 0 amide bonds. The molecular formula is C22H24Br2N3OS-. The van der Waals surface area contributed by atoms with Crippen LogP contribution >= 0.6 is 27.3 Å². The van der Waals surface area contributed by atoms with E-state index in [-0.39, 0.29) is 17.0 Å². The Morgan fingerprint density at radius 1 is 1.00 bits per heavy atom. The van der Waals surface area contributed by atoms with Crippen molar-refractivity contribution in [2.75, 3.05) is 32.8 Å². The van der Waals surface area contributed by atoms with Gasteiger partial charge in [-0.25, -0.2) is 4.99 Å². The van der Waals surface area contributed by atoms with Gasteiger partial charge in [-0.1, -0.05) is 45.8 Å². The lowest BCUT2D eigenvalue weighted by molar-refractivity contribution is -0.00000715. The summed E-state index contributed by atoms with van der Waals surface area (Å²) < 4.78 is 8.93.